The van der Waals surface area contributed by atoms with Crippen LogP contribution in [0.4, 0.5) is 5.69 Å². The molecule has 0 bridgehead atoms. The molecule has 0 aliphatic heterocycles. The third kappa shape index (κ3) is 4.44. The molecule has 1 aromatic rings. The average Bonchev–Trinajstić information content (AvgIpc) is 2.43. The standard InChI is InChI=1S/C12H18ClNO4/c13-5-10(16)6-14-9-3-1-8(2-4-9)12(18)11(17)7-15/h1-4,10-12,14-18H,5-7H2. The lowest BCUT2D eigenvalue weighted by atomic mass is 10.0. The predicted octanol–water partition coefficient (Wildman–Crippen LogP) is 0.0848. The molecular weight excluding hydrogens is 258 g/mol. The van der Waals surface area contributed by atoms with Crippen LogP contribution in [-0.4, -0.2) is 51.7 Å². The Morgan fingerprint density at radius 2 is 1.72 bits per heavy atom. The van der Waals surface area contributed by atoms with Crippen molar-refractivity contribution in [3.05, 3.63) is 29.8 Å². The first-order valence-electron chi connectivity index (χ1n) is 5.63. The number of hydrogen-bond donors (Lipinski definition) is 5. The van der Waals surface area contributed by atoms with Crippen LogP contribution < -0.4 is 5.32 Å². The van der Waals surface area contributed by atoms with Gasteiger partial charge in [-0.05, 0) is 17.7 Å². The summed E-state index contributed by atoms with van der Waals surface area (Å²) in [5, 5.41) is 39.9. The van der Waals surface area contributed by atoms with Gasteiger partial charge in [0.15, 0.2) is 0 Å². The largest absolute Gasteiger partial charge is 0.394 e. The van der Waals surface area contributed by atoms with E-state index in [2.05, 4.69) is 5.32 Å². The van der Waals surface area contributed by atoms with E-state index in [4.69, 9.17) is 16.7 Å². The first-order chi connectivity index (χ1) is 8.58. The Morgan fingerprint density at radius 3 is 2.22 bits per heavy atom. The Balaban J connectivity index is 2.57. The van der Waals surface area contributed by atoms with Crippen molar-refractivity contribution in [3.63, 3.8) is 0 Å². The summed E-state index contributed by atoms with van der Waals surface area (Å²) in [6.45, 7) is -0.159. The van der Waals surface area contributed by atoms with E-state index in [1.54, 1.807) is 24.3 Å². The van der Waals surface area contributed by atoms with Crippen molar-refractivity contribution in [2.45, 2.75) is 18.3 Å². The van der Waals surface area contributed by atoms with Gasteiger partial charge in [0.05, 0.1) is 18.6 Å². The van der Waals surface area contributed by atoms with Crippen LogP contribution in [0.1, 0.15) is 11.7 Å². The number of aliphatic hydroxyl groups excluding tert-OH is 4. The molecule has 3 unspecified atom stereocenters. The molecule has 6 heteroatoms. The monoisotopic (exact) mass is 275 g/mol. The molecule has 18 heavy (non-hydrogen) atoms. The molecule has 0 spiro atoms. The molecule has 1 aromatic carbocycles. The molecule has 0 aromatic heterocycles. The van der Waals surface area contributed by atoms with E-state index in [1.807, 2.05) is 0 Å². The van der Waals surface area contributed by atoms with Crippen LogP contribution in [0.5, 0.6) is 0 Å². The maximum absolute atomic E-state index is 9.65. The Hall–Kier alpha value is -0.850. The minimum absolute atomic E-state index is 0.159. The SMILES string of the molecule is OCC(O)C(O)c1ccc(NCC(O)CCl)cc1. The molecule has 5 nitrogen and oxygen atoms in total. The first kappa shape index (κ1) is 15.2. The van der Waals surface area contributed by atoms with Crippen LogP contribution in [0.2, 0.25) is 0 Å². The van der Waals surface area contributed by atoms with Gasteiger partial charge in [-0.1, -0.05) is 12.1 Å². The molecular formula is C12H18ClNO4. The second-order valence-corrected chi connectivity index (χ2v) is 4.31. The predicted molar refractivity (Wildman–Crippen MR) is 69.7 cm³/mol. The van der Waals surface area contributed by atoms with Crippen LogP contribution >= 0.6 is 11.6 Å². The van der Waals surface area contributed by atoms with Crippen LogP contribution in [0.25, 0.3) is 0 Å². The molecule has 0 aliphatic rings. The molecule has 3 atom stereocenters. The Morgan fingerprint density at radius 1 is 1.11 bits per heavy atom. The van der Waals surface area contributed by atoms with Crippen LogP contribution in [0.15, 0.2) is 24.3 Å². The maximum atomic E-state index is 9.65. The second kappa shape index (κ2) is 7.56. The molecule has 0 heterocycles. The van der Waals surface area contributed by atoms with Crippen molar-refractivity contribution in [3.8, 4) is 0 Å². The number of benzene rings is 1. The van der Waals surface area contributed by atoms with Gasteiger partial charge in [-0.3, -0.25) is 0 Å². The van der Waals surface area contributed by atoms with E-state index in [-0.39, 0.29) is 5.88 Å². The smallest absolute Gasteiger partial charge is 0.107 e. The first-order valence-corrected chi connectivity index (χ1v) is 6.16. The van der Waals surface area contributed by atoms with Crippen LogP contribution in [-0.2, 0) is 0 Å². The fourth-order valence-corrected chi connectivity index (χ4v) is 1.52. The van der Waals surface area contributed by atoms with Crippen molar-refractivity contribution < 1.29 is 20.4 Å². The Kier molecular flexibility index (Phi) is 6.38. The molecule has 1 rings (SSSR count). The lowest BCUT2D eigenvalue weighted by Gasteiger charge is -2.16. The minimum Gasteiger partial charge on any atom is -0.394 e. The molecule has 0 saturated heterocycles. The number of nitrogens with one attached hydrogen (secondary N) is 1. The Bertz CT molecular complexity index is 346. The summed E-state index contributed by atoms with van der Waals surface area (Å²) in [4.78, 5) is 0. The fourth-order valence-electron chi connectivity index (χ4n) is 1.41. The van der Waals surface area contributed by atoms with Crippen molar-refractivity contribution >= 4 is 17.3 Å². The van der Waals surface area contributed by atoms with Gasteiger partial charge in [0.2, 0.25) is 0 Å². The summed E-state index contributed by atoms with van der Waals surface area (Å²) < 4.78 is 0. The zero-order valence-corrected chi connectivity index (χ0v) is 10.6. The third-order valence-corrected chi connectivity index (χ3v) is 2.88. The van der Waals surface area contributed by atoms with Gasteiger partial charge in [0.25, 0.3) is 0 Å². The van der Waals surface area contributed by atoms with E-state index in [0.29, 0.717) is 12.1 Å². The van der Waals surface area contributed by atoms with Gasteiger partial charge in [-0.25, -0.2) is 0 Å². The molecule has 0 radical (unpaired) electrons. The number of aliphatic hydroxyl groups is 4. The zero-order chi connectivity index (χ0) is 13.5. The molecule has 0 saturated carbocycles. The van der Waals surface area contributed by atoms with Gasteiger partial charge in [0.1, 0.15) is 12.2 Å². The highest BCUT2D eigenvalue weighted by Crippen LogP contribution is 2.19. The molecule has 102 valence electrons. The molecule has 0 fully saturated rings. The third-order valence-electron chi connectivity index (χ3n) is 2.52. The number of alkyl halides is 1. The lowest BCUT2D eigenvalue weighted by Crippen LogP contribution is -2.22. The average molecular weight is 276 g/mol. The number of halogens is 1. The van der Waals surface area contributed by atoms with Gasteiger partial charge >= 0.3 is 0 Å². The summed E-state index contributed by atoms with van der Waals surface area (Å²) in [6, 6.07) is 6.70. The van der Waals surface area contributed by atoms with Gasteiger partial charge in [-0.15, -0.1) is 11.6 Å². The summed E-state index contributed by atoms with van der Waals surface area (Å²) >= 11 is 5.46. The van der Waals surface area contributed by atoms with Crippen molar-refractivity contribution in [1.82, 2.24) is 0 Å². The van der Waals surface area contributed by atoms with E-state index in [0.717, 1.165) is 5.69 Å². The van der Waals surface area contributed by atoms with Crippen molar-refractivity contribution in [2.75, 3.05) is 24.3 Å². The quantitative estimate of drug-likeness (QED) is 0.455. The number of hydrogen-bond acceptors (Lipinski definition) is 5. The van der Waals surface area contributed by atoms with E-state index >= 15 is 0 Å². The second-order valence-electron chi connectivity index (χ2n) is 4.01. The van der Waals surface area contributed by atoms with Crippen molar-refractivity contribution in [2.24, 2.45) is 0 Å². The van der Waals surface area contributed by atoms with Crippen molar-refractivity contribution in [1.29, 1.82) is 0 Å². The van der Waals surface area contributed by atoms with E-state index in [9.17, 15) is 15.3 Å². The Labute approximate surface area is 111 Å². The highest BCUT2D eigenvalue weighted by Gasteiger charge is 2.16. The fraction of sp³-hybridized carbons (Fsp3) is 0.500. The molecule has 0 amide bonds. The zero-order valence-electron chi connectivity index (χ0n) is 9.83. The topological polar surface area (TPSA) is 93.0 Å². The summed E-state index contributed by atoms with van der Waals surface area (Å²) in [5.41, 5.74) is 1.29. The van der Waals surface area contributed by atoms with Crippen LogP contribution in [0, 0.1) is 0 Å². The highest BCUT2D eigenvalue weighted by molar-refractivity contribution is 6.18. The van der Waals surface area contributed by atoms with Gasteiger partial charge in [-0.2, -0.15) is 0 Å². The highest BCUT2D eigenvalue weighted by atomic mass is 35.5. The number of anilines is 1. The summed E-state index contributed by atoms with van der Waals surface area (Å²) in [7, 11) is 0. The number of rotatable bonds is 7. The van der Waals surface area contributed by atoms with Gasteiger partial charge in [0, 0.05) is 12.2 Å². The lowest BCUT2D eigenvalue weighted by molar-refractivity contribution is -0.0152. The van der Waals surface area contributed by atoms with Crippen LogP contribution in [0.3, 0.4) is 0 Å². The maximum Gasteiger partial charge on any atom is 0.107 e. The molecule has 0 aliphatic carbocycles. The minimum atomic E-state index is -1.19. The summed E-state index contributed by atoms with van der Waals surface area (Å²) in [5.74, 6) is 0.159. The molecule has 5 N–H and O–H groups in total. The normalized spacial score (nSPS) is 16.1. The van der Waals surface area contributed by atoms with Gasteiger partial charge < -0.3 is 25.7 Å². The van der Waals surface area contributed by atoms with E-state index < -0.39 is 24.9 Å². The van der Waals surface area contributed by atoms with E-state index in [1.165, 1.54) is 0 Å². The summed E-state index contributed by atoms with van der Waals surface area (Å²) in [6.07, 6.45) is -2.92.